The van der Waals surface area contributed by atoms with E-state index in [0.717, 1.165) is 44.7 Å². The molecular formula is C29H23FN6O2. The van der Waals surface area contributed by atoms with Crippen molar-refractivity contribution in [1.82, 2.24) is 25.1 Å². The van der Waals surface area contributed by atoms with Crippen molar-refractivity contribution in [2.24, 2.45) is 5.92 Å². The van der Waals surface area contributed by atoms with E-state index in [2.05, 4.69) is 30.5 Å². The first-order valence-electron chi connectivity index (χ1n) is 12.1. The molecule has 0 atom stereocenters. The second-order valence-electron chi connectivity index (χ2n) is 9.47. The number of aromatic hydroxyl groups is 1. The van der Waals surface area contributed by atoms with E-state index >= 15 is 0 Å². The van der Waals surface area contributed by atoms with Crippen LogP contribution in [0.5, 0.6) is 5.75 Å². The predicted octanol–water partition coefficient (Wildman–Crippen LogP) is 6.27. The van der Waals surface area contributed by atoms with Gasteiger partial charge < -0.3 is 15.4 Å². The number of halogens is 1. The van der Waals surface area contributed by atoms with E-state index in [0.29, 0.717) is 22.5 Å². The molecule has 0 aliphatic rings. The number of amides is 1. The fraction of sp³-hybridized carbons (Fsp3) is 0.103. The summed E-state index contributed by atoms with van der Waals surface area (Å²) in [5.41, 5.74) is 6.70. The van der Waals surface area contributed by atoms with Crippen molar-refractivity contribution in [1.29, 1.82) is 0 Å². The van der Waals surface area contributed by atoms with Gasteiger partial charge in [0.05, 0.1) is 34.8 Å². The Balaban J connectivity index is 1.42. The quantitative estimate of drug-likeness (QED) is 0.220. The predicted molar refractivity (Wildman–Crippen MR) is 145 cm³/mol. The summed E-state index contributed by atoms with van der Waals surface area (Å²) in [5, 5.41) is 22.1. The molecule has 6 rings (SSSR count). The molecule has 9 heteroatoms. The zero-order valence-corrected chi connectivity index (χ0v) is 20.6. The third-order valence-electron chi connectivity index (χ3n) is 6.42. The number of aromatic nitrogens is 5. The number of fused-ring (bicyclic) bond motifs is 2. The van der Waals surface area contributed by atoms with Gasteiger partial charge in [-0.3, -0.25) is 19.9 Å². The normalized spacial score (nSPS) is 11.5. The minimum absolute atomic E-state index is 0.0716. The highest BCUT2D eigenvalue weighted by atomic mass is 19.1. The van der Waals surface area contributed by atoms with E-state index in [-0.39, 0.29) is 17.6 Å². The van der Waals surface area contributed by atoms with E-state index in [1.54, 1.807) is 24.8 Å². The Bertz CT molecular complexity index is 1820. The van der Waals surface area contributed by atoms with Gasteiger partial charge in [0.2, 0.25) is 5.91 Å². The standard InChI is InChI=1S/C29H23FN6O2/c1-15(2)29(38)33-20-6-18(11-31-12-20)16-3-4-25-23(8-16)28(36-35-25)26-10-22-24(13-32-14-27(22)34-26)17-5-19(30)9-21(37)7-17/h3-15,34,37H,1-2H3,(H,33,38)(H,35,36). The summed E-state index contributed by atoms with van der Waals surface area (Å²) in [6, 6.07) is 13.7. The summed E-state index contributed by atoms with van der Waals surface area (Å²) in [6.45, 7) is 3.68. The number of carbonyl (C=O) groups is 1. The second kappa shape index (κ2) is 9.11. The Morgan fingerprint density at radius 3 is 2.55 bits per heavy atom. The number of phenols is 1. The number of rotatable bonds is 5. The average molecular weight is 507 g/mol. The van der Waals surface area contributed by atoms with Crippen molar-refractivity contribution in [3.05, 3.63) is 79.1 Å². The average Bonchev–Trinajstić information content (AvgIpc) is 3.51. The fourth-order valence-corrected chi connectivity index (χ4v) is 4.49. The number of phenolic OH excluding ortho intramolecular Hbond substituents is 1. The SMILES string of the molecule is CC(C)C(=O)Nc1cncc(-c2ccc3[nH]nc(-c4cc5c(-c6cc(O)cc(F)c6)cncc5[nH]4)c3c2)c1. The smallest absolute Gasteiger partial charge is 0.226 e. The third kappa shape index (κ3) is 4.24. The van der Waals surface area contributed by atoms with E-state index < -0.39 is 5.82 Å². The van der Waals surface area contributed by atoms with E-state index in [1.807, 2.05) is 44.2 Å². The second-order valence-corrected chi connectivity index (χ2v) is 9.47. The van der Waals surface area contributed by atoms with Gasteiger partial charge in [0.1, 0.15) is 17.3 Å². The molecule has 0 fully saturated rings. The summed E-state index contributed by atoms with van der Waals surface area (Å²) in [4.78, 5) is 24.1. The monoisotopic (exact) mass is 506 g/mol. The van der Waals surface area contributed by atoms with Gasteiger partial charge in [0.25, 0.3) is 0 Å². The van der Waals surface area contributed by atoms with Crippen LogP contribution in [0.2, 0.25) is 0 Å². The zero-order chi connectivity index (χ0) is 26.4. The molecule has 0 saturated heterocycles. The largest absolute Gasteiger partial charge is 0.508 e. The van der Waals surface area contributed by atoms with Gasteiger partial charge in [-0.15, -0.1) is 0 Å². The Morgan fingerprint density at radius 2 is 1.74 bits per heavy atom. The number of pyridine rings is 2. The van der Waals surface area contributed by atoms with Gasteiger partial charge >= 0.3 is 0 Å². The molecule has 0 unspecified atom stereocenters. The van der Waals surface area contributed by atoms with Crippen LogP contribution in [0.15, 0.2) is 73.3 Å². The topological polar surface area (TPSA) is 120 Å². The van der Waals surface area contributed by atoms with Gasteiger partial charge in [0.15, 0.2) is 0 Å². The lowest BCUT2D eigenvalue weighted by Crippen LogP contribution is -2.17. The van der Waals surface area contributed by atoms with Crippen LogP contribution < -0.4 is 5.32 Å². The first-order chi connectivity index (χ1) is 18.4. The van der Waals surface area contributed by atoms with Crippen LogP contribution in [0, 0.1) is 11.7 Å². The maximum absolute atomic E-state index is 14.0. The van der Waals surface area contributed by atoms with Crippen LogP contribution >= 0.6 is 0 Å². The van der Waals surface area contributed by atoms with Gasteiger partial charge in [-0.1, -0.05) is 19.9 Å². The molecule has 4 heterocycles. The molecule has 0 aliphatic heterocycles. The summed E-state index contributed by atoms with van der Waals surface area (Å²) in [5.74, 6) is -0.887. The Morgan fingerprint density at radius 1 is 0.895 bits per heavy atom. The van der Waals surface area contributed by atoms with Crippen molar-refractivity contribution in [3.8, 4) is 39.4 Å². The summed E-state index contributed by atoms with van der Waals surface area (Å²) in [7, 11) is 0. The van der Waals surface area contributed by atoms with E-state index in [9.17, 15) is 14.3 Å². The Kier molecular flexibility index (Phi) is 5.60. The van der Waals surface area contributed by atoms with Crippen molar-refractivity contribution in [2.75, 3.05) is 5.32 Å². The minimum Gasteiger partial charge on any atom is -0.508 e. The van der Waals surface area contributed by atoms with Crippen molar-refractivity contribution in [2.45, 2.75) is 13.8 Å². The maximum atomic E-state index is 14.0. The van der Waals surface area contributed by atoms with Gasteiger partial charge in [-0.05, 0) is 47.5 Å². The number of hydrogen-bond donors (Lipinski definition) is 4. The molecule has 6 aromatic rings. The maximum Gasteiger partial charge on any atom is 0.226 e. The van der Waals surface area contributed by atoms with Crippen LogP contribution in [-0.4, -0.2) is 36.2 Å². The molecule has 0 spiro atoms. The number of nitrogens with one attached hydrogen (secondary N) is 3. The Labute approximate surface area is 216 Å². The van der Waals surface area contributed by atoms with Crippen molar-refractivity contribution >= 4 is 33.4 Å². The van der Waals surface area contributed by atoms with Crippen LogP contribution in [0.3, 0.4) is 0 Å². The van der Waals surface area contributed by atoms with Crippen molar-refractivity contribution < 1.29 is 14.3 Å². The van der Waals surface area contributed by atoms with E-state index in [4.69, 9.17) is 0 Å². The number of aromatic amines is 2. The van der Waals surface area contributed by atoms with Gasteiger partial charge in [-0.2, -0.15) is 5.10 Å². The highest BCUT2D eigenvalue weighted by Gasteiger charge is 2.16. The number of anilines is 1. The van der Waals surface area contributed by atoms with Crippen molar-refractivity contribution in [3.63, 3.8) is 0 Å². The number of nitrogens with zero attached hydrogens (tertiary/aromatic N) is 3. The molecule has 0 radical (unpaired) electrons. The molecule has 0 saturated carbocycles. The van der Waals surface area contributed by atoms with Crippen LogP contribution in [0.1, 0.15) is 13.8 Å². The summed E-state index contributed by atoms with van der Waals surface area (Å²) >= 11 is 0. The number of benzene rings is 2. The fourth-order valence-electron chi connectivity index (χ4n) is 4.49. The molecule has 0 aliphatic carbocycles. The molecule has 4 aromatic heterocycles. The molecule has 4 N–H and O–H groups in total. The van der Waals surface area contributed by atoms with Gasteiger partial charge in [-0.25, -0.2) is 4.39 Å². The molecule has 0 bridgehead atoms. The number of H-pyrrole nitrogens is 2. The first-order valence-corrected chi connectivity index (χ1v) is 12.1. The molecule has 38 heavy (non-hydrogen) atoms. The molecule has 1 amide bonds. The minimum atomic E-state index is -0.527. The molecule has 8 nitrogen and oxygen atoms in total. The van der Waals surface area contributed by atoms with Crippen LogP contribution in [0.4, 0.5) is 10.1 Å². The summed E-state index contributed by atoms with van der Waals surface area (Å²) in [6.07, 6.45) is 6.72. The lowest BCUT2D eigenvalue weighted by Gasteiger charge is -2.09. The van der Waals surface area contributed by atoms with E-state index in [1.165, 1.54) is 12.1 Å². The number of carbonyl (C=O) groups excluding carboxylic acids is 1. The molecular weight excluding hydrogens is 483 g/mol. The summed E-state index contributed by atoms with van der Waals surface area (Å²) < 4.78 is 14.0. The zero-order valence-electron chi connectivity index (χ0n) is 20.6. The first kappa shape index (κ1) is 23.4. The van der Waals surface area contributed by atoms with Crippen LogP contribution in [0.25, 0.3) is 55.4 Å². The molecule has 2 aromatic carbocycles. The highest BCUT2D eigenvalue weighted by Crippen LogP contribution is 2.36. The third-order valence-corrected chi connectivity index (χ3v) is 6.42. The van der Waals surface area contributed by atoms with Crippen LogP contribution in [-0.2, 0) is 4.79 Å². The molecule has 188 valence electrons. The Hall–Kier alpha value is -5.05. The lowest BCUT2D eigenvalue weighted by molar-refractivity contribution is -0.118. The highest BCUT2D eigenvalue weighted by molar-refractivity contribution is 6.01. The number of hydrogen-bond acceptors (Lipinski definition) is 5. The lowest BCUT2D eigenvalue weighted by atomic mass is 10.0. The van der Waals surface area contributed by atoms with Gasteiger partial charge in [0, 0.05) is 46.3 Å².